The molecule has 5 heteroatoms. The Bertz CT molecular complexity index is 631. The van der Waals surface area contributed by atoms with Crippen LogP contribution in [0.2, 0.25) is 5.02 Å². The monoisotopic (exact) mass is 306 g/mol. The van der Waals surface area contributed by atoms with Crippen molar-refractivity contribution in [1.82, 2.24) is 0 Å². The number of benzene rings is 2. The average Bonchev–Trinajstić information content (AvgIpc) is 2.45. The van der Waals surface area contributed by atoms with Crippen molar-refractivity contribution in [2.45, 2.75) is 10.6 Å². The Balaban J connectivity index is 2.14. The van der Waals surface area contributed by atoms with Gasteiger partial charge in [-0.05, 0) is 35.9 Å². The molecule has 0 amide bonds. The average molecular weight is 307 g/mol. The molecule has 0 saturated carbocycles. The summed E-state index contributed by atoms with van der Waals surface area (Å²) in [6.45, 7) is 0. The van der Waals surface area contributed by atoms with E-state index in [0.29, 0.717) is 11.3 Å². The summed E-state index contributed by atoms with van der Waals surface area (Å²) >= 11 is 7.64. The SMILES string of the molecule is COc1ccc(CSc2cccc(Cl)c2)cc1C(=N)N. The molecule has 0 aliphatic rings. The molecular formula is C15H15ClN2OS. The lowest BCUT2D eigenvalue weighted by Gasteiger charge is -2.09. The molecule has 2 rings (SSSR count). The molecule has 0 aromatic heterocycles. The van der Waals surface area contributed by atoms with E-state index in [1.54, 1.807) is 18.9 Å². The lowest BCUT2D eigenvalue weighted by atomic mass is 10.1. The standard InChI is InChI=1S/C15H15ClN2OS/c1-19-14-6-5-10(7-13(14)15(17)18)9-20-12-4-2-3-11(16)8-12/h2-8H,9H2,1H3,(H3,17,18). The van der Waals surface area contributed by atoms with Crippen LogP contribution in [0.25, 0.3) is 0 Å². The minimum atomic E-state index is 0.0106. The van der Waals surface area contributed by atoms with E-state index in [4.69, 9.17) is 27.5 Å². The molecular weight excluding hydrogens is 292 g/mol. The Morgan fingerprint density at radius 1 is 1.30 bits per heavy atom. The van der Waals surface area contributed by atoms with Gasteiger partial charge in [0.2, 0.25) is 0 Å². The quantitative estimate of drug-likeness (QED) is 0.500. The molecule has 0 spiro atoms. The van der Waals surface area contributed by atoms with Crippen LogP contribution in [0.15, 0.2) is 47.4 Å². The largest absolute Gasteiger partial charge is 0.496 e. The lowest BCUT2D eigenvalue weighted by molar-refractivity contribution is 0.413. The predicted molar refractivity (Wildman–Crippen MR) is 85.0 cm³/mol. The van der Waals surface area contributed by atoms with E-state index in [2.05, 4.69) is 0 Å². The normalized spacial score (nSPS) is 10.3. The van der Waals surface area contributed by atoms with Crippen molar-refractivity contribution in [1.29, 1.82) is 5.41 Å². The molecule has 0 unspecified atom stereocenters. The van der Waals surface area contributed by atoms with Crippen molar-refractivity contribution in [3.8, 4) is 5.75 Å². The van der Waals surface area contributed by atoms with Crippen molar-refractivity contribution in [3.63, 3.8) is 0 Å². The number of thioether (sulfide) groups is 1. The van der Waals surface area contributed by atoms with Gasteiger partial charge in [-0.2, -0.15) is 0 Å². The Hall–Kier alpha value is -1.65. The number of hydrogen-bond acceptors (Lipinski definition) is 3. The van der Waals surface area contributed by atoms with E-state index >= 15 is 0 Å². The van der Waals surface area contributed by atoms with Crippen molar-refractivity contribution in [3.05, 3.63) is 58.6 Å². The highest BCUT2D eigenvalue weighted by Crippen LogP contribution is 2.27. The second kappa shape index (κ2) is 6.68. The second-order valence-electron chi connectivity index (χ2n) is 4.19. The first-order valence-electron chi connectivity index (χ1n) is 6.00. The molecule has 0 fully saturated rings. The summed E-state index contributed by atoms with van der Waals surface area (Å²) in [5, 5.41) is 8.30. The van der Waals surface area contributed by atoms with Gasteiger partial charge in [-0.15, -0.1) is 11.8 Å². The summed E-state index contributed by atoms with van der Waals surface area (Å²) in [5.41, 5.74) is 7.27. The van der Waals surface area contributed by atoms with Crippen LogP contribution in [0.1, 0.15) is 11.1 Å². The third kappa shape index (κ3) is 3.68. The van der Waals surface area contributed by atoms with Gasteiger partial charge in [-0.3, -0.25) is 5.41 Å². The van der Waals surface area contributed by atoms with Gasteiger partial charge in [0.25, 0.3) is 0 Å². The molecule has 3 nitrogen and oxygen atoms in total. The second-order valence-corrected chi connectivity index (χ2v) is 5.68. The molecule has 2 aromatic carbocycles. The van der Waals surface area contributed by atoms with Crippen molar-refractivity contribution < 1.29 is 4.74 Å². The Kier molecular flexibility index (Phi) is 4.93. The number of hydrogen-bond donors (Lipinski definition) is 2. The van der Waals surface area contributed by atoms with Gasteiger partial charge in [0.1, 0.15) is 11.6 Å². The first-order chi connectivity index (χ1) is 9.60. The number of ether oxygens (including phenoxy) is 1. The number of rotatable bonds is 5. The summed E-state index contributed by atoms with van der Waals surface area (Å²) in [4.78, 5) is 1.11. The van der Waals surface area contributed by atoms with E-state index in [1.807, 2.05) is 42.5 Å². The van der Waals surface area contributed by atoms with Crippen LogP contribution in [-0.2, 0) is 5.75 Å². The molecule has 20 heavy (non-hydrogen) atoms. The van der Waals surface area contributed by atoms with Gasteiger partial charge < -0.3 is 10.5 Å². The number of nitrogen functional groups attached to an aromatic ring is 1. The first-order valence-corrected chi connectivity index (χ1v) is 7.36. The minimum absolute atomic E-state index is 0.0106. The van der Waals surface area contributed by atoms with Crippen LogP contribution in [0.4, 0.5) is 0 Å². The summed E-state index contributed by atoms with van der Waals surface area (Å²) in [6, 6.07) is 13.4. The van der Waals surface area contributed by atoms with Crippen molar-refractivity contribution in [2.24, 2.45) is 5.73 Å². The highest BCUT2D eigenvalue weighted by molar-refractivity contribution is 7.98. The van der Waals surface area contributed by atoms with E-state index in [9.17, 15) is 0 Å². The minimum Gasteiger partial charge on any atom is -0.496 e. The number of methoxy groups -OCH3 is 1. The number of halogens is 1. The van der Waals surface area contributed by atoms with Crippen LogP contribution >= 0.6 is 23.4 Å². The molecule has 0 radical (unpaired) electrons. The van der Waals surface area contributed by atoms with E-state index in [0.717, 1.165) is 21.2 Å². The predicted octanol–water partition coefficient (Wildman–Crippen LogP) is 3.92. The first kappa shape index (κ1) is 14.8. The Morgan fingerprint density at radius 3 is 2.75 bits per heavy atom. The molecule has 0 aliphatic heterocycles. The number of nitrogens with one attached hydrogen (secondary N) is 1. The maximum absolute atomic E-state index is 7.57. The molecule has 104 valence electrons. The van der Waals surface area contributed by atoms with Crippen molar-refractivity contribution in [2.75, 3.05) is 7.11 Å². The van der Waals surface area contributed by atoms with Gasteiger partial charge >= 0.3 is 0 Å². The van der Waals surface area contributed by atoms with Gasteiger partial charge in [0.15, 0.2) is 0 Å². The molecule has 0 aliphatic carbocycles. The Morgan fingerprint density at radius 2 is 2.10 bits per heavy atom. The fourth-order valence-corrected chi connectivity index (χ4v) is 2.93. The third-order valence-corrected chi connectivity index (χ3v) is 4.06. The maximum Gasteiger partial charge on any atom is 0.129 e. The van der Waals surface area contributed by atoms with Crippen LogP contribution in [0, 0.1) is 5.41 Å². The lowest BCUT2D eigenvalue weighted by Crippen LogP contribution is -2.12. The summed E-state index contributed by atoms with van der Waals surface area (Å²) in [5.74, 6) is 1.41. The highest BCUT2D eigenvalue weighted by Gasteiger charge is 2.07. The summed E-state index contributed by atoms with van der Waals surface area (Å²) in [7, 11) is 1.57. The molecule has 2 aromatic rings. The van der Waals surface area contributed by atoms with Crippen LogP contribution in [0.3, 0.4) is 0 Å². The van der Waals surface area contributed by atoms with E-state index in [-0.39, 0.29) is 5.84 Å². The number of amidine groups is 1. The fraction of sp³-hybridized carbons (Fsp3) is 0.133. The van der Waals surface area contributed by atoms with Crippen LogP contribution < -0.4 is 10.5 Å². The molecule has 0 atom stereocenters. The van der Waals surface area contributed by atoms with Crippen LogP contribution in [0.5, 0.6) is 5.75 Å². The Labute approximate surface area is 127 Å². The van der Waals surface area contributed by atoms with Crippen molar-refractivity contribution >= 4 is 29.2 Å². The van der Waals surface area contributed by atoms with E-state index in [1.165, 1.54) is 0 Å². The molecule has 3 N–H and O–H groups in total. The summed E-state index contributed by atoms with van der Waals surface area (Å²) in [6.07, 6.45) is 0. The smallest absolute Gasteiger partial charge is 0.129 e. The molecule has 0 heterocycles. The fourth-order valence-electron chi connectivity index (χ4n) is 1.78. The van der Waals surface area contributed by atoms with Gasteiger partial charge in [0.05, 0.1) is 12.7 Å². The zero-order valence-corrected chi connectivity index (χ0v) is 12.6. The molecule has 0 bridgehead atoms. The van der Waals surface area contributed by atoms with E-state index < -0.39 is 0 Å². The van der Waals surface area contributed by atoms with Gasteiger partial charge in [0, 0.05) is 15.7 Å². The molecule has 0 saturated heterocycles. The highest BCUT2D eigenvalue weighted by atomic mass is 35.5. The topological polar surface area (TPSA) is 59.1 Å². The third-order valence-electron chi connectivity index (χ3n) is 2.76. The van der Waals surface area contributed by atoms with Gasteiger partial charge in [-0.1, -0.05) is 23.7 Å². The number of nitrogens with two attached hydrogens (primary N) is 1. The maximum atomic E-state index is 7.57. The zero-order chi connectivity index (χ0) is 14.5. The van der Waals surface area contributed by atoms with Crippen LogP contribution in [-0.4, -0.2) is 12.9 Å². The van der Waals surface area contributed by atoms with Gasteiger partial charge in [-0.25, -0.2) is 0 Å². The zero-order valence-electron chi connectivity index (χ0n) is 11.0. The summed E-state index contributed by atoms with van der Waals surface area (Å²) < 4.78 is 5.20.